The maximum atomic E-state index is 12.4. The second-order valence-corrected chi connectivity index (χ2v) is 5.76. The van der Waals surface area contributed by atoms with Crippen LogP contribution in [0.25, 0.3) is 0 Å². The monoisotopic (exact) mass is 330 g/mol. The predicted molar refractivity (Wildman–Crippen MR) is 91.3 cm³/mol. The maximum Gasteiger partial charge on any atom is 0.245 e. The summed E-state index contributed by atoms with van der Waals surface area (Å²) in [6.45, 7) is 3.39. The fourth-order valence-electron chi connectivity index (χ4n) is 2.81. The third kappa shape index (κ3) is 3.51. The number of benzene rings is 1. The van der Waals surface area contributed by atoms with Crippen LogP contribution in [0.1, 0.15) is 13.3 Å². The lowest BCUT2D eigenvalue weighted by Crippen LogP contribution is -2.45. The van der Waals surface area contributed by atoms with Gasteiger partial charge < -0.3 is 20.1 Å². The Morgan fingerprint density at radius 2 is 2.25 bits per heavy atom. The summed E-state index contributed by atoms with van der Waals surface area (Å²) in [4.78, 5) is 14.4. The van der Waals surface area contributed by atoms with E-state index in [1.165, 1.54) is 0 Å². The van der Waals surface area contributed by atoms with E-state index in [0.29, 0.717) is 18.1 Å². The van der Waals surface area contributed by atoms with Gasteiger partial charge in [0.15, 0.2) is 0 Å². The fourth-order valence-corrected chi connectivity index (χ4v) is 2.81. The molecule has 1 aliphatic rings. The molecule has 3 rings (SSSR count). The van der Waals surface area contributed by atoms with Crippen molar-refractivity contribution in [2.45, 2.75) is 26.0 Å². The van der Waals surface area contributed by atoms with Gasteiger partial charge in [-0.25, -0.2) is 4.68 Å². The SMILES string of the molecule is CCCn1nccc1NC(=O)CN1CC(CO)Oc2ccccc21. The van der Waals surface area contributed by atoms with Crippen LogP contribution in [-0.4, -0.2) is 46.6 Å². The number of para-hydroxylation sites is 2. The smallest absolute Gasteiger partial charge is 0.245 e. The number of amides is 1. The lowest BCUT2D eigenvalue weighted by molar-refractivity contribution is -0.115. The van der Waals surface area contributed by atoms with Crippen molar-refractivity contribution < 1.29 is 14.6 Å². The van der Waals surface area contributed by atoms with E-state index >= 15 is 0 Å². The molecule has 7 nitrogen and oxygen atoms in total. The van der Waals surface area contributed by atoms with Gasteiger partial charge in [0.1, 0.15) is 17.7 Å². The van der Waals surface area contributed by atoms with Crippen LogP contribution in [0.5, 0.6) is 5.75 Å². The molecule has 7 heteroatoms. The van der Waals surface area contributed by atoms with Crippen molar-refractivity contribution in [3.8, 4) is 5.75 Å². The zero-order chi connectivity index (χ0) is 16.9. The van der Waals surface area contributed by atoms with Gasteiger partial charge >= 0.3 is 0 Å². The zero-order valence-electron chi connectivity index (χ0n) is 13.7. The molecule has 0 bridgehead atoms. The first-order valence-corrected chi connectivity index (χ1v) is 8.14. The summed E-state index contributed by atoms with van der Waals surface area (Å²) in [5, 5.41) is 16.5. The van der Waals surface area contributed by atoms with Gasteiger partial charge in [-0.2, -0.15) is 5.10 Å². The molecule has 0 fully saturated rings. The van der Waals surface area contributed by atoms with Gasteiger partial charge in [0.25, 0.3) is 0 Å². The van der Waals surface area contributed by atoms with Gasteiger partial charge in [-0.05, 0) is 18.6 Å². The Morgan fingerprint density at radius 1 is 1.42 bits per heavy atom. The van der Waals surface area contributed by atoms with Crippen LogP contribution in [0.2, 0.25) is 0 Å². The molecule has 1 aliphatic heterocycles. The van der Waals surface area contributed by atoms with Crippen molar-refractivity contribution in [3.63, 3.8) is 0 Å². The molecule has 1 aromatic carbocycles. The quantitative estimate of drug-likeness (QED) is 0.839. The lowest BCUT2D eigenvalue weighted by atomic mass is 10.2. The molecule has 0 aliphatic carbocycles. The molecule has 2 heterocycles. The summed E-state index contributed by atoms with van der Waals surface area (Å²) < 4.78 is 7.49. The molecule has 0 radical (unpaired) electrons. The molecular formula is C17H22N4O3. The number of nitrogens with zero attached hydrogens (tertiary/aromatic N) is 3. The maximum absolute atomic E-state index is 12.4. The van der Waals surface area contributed by atoms with Crippen LogP contribution in [0.4, 0.5) is 11.5 Å². The molecule has 24 heavy (non-hydrogen) atoms. The van der Waals surface area contributed by atoms with Crippen molar-refractivity contribution in [1.82, 2.24) is 9.78 Å². The Bertz CT molecular complexity index is 701. The predicted octanol–water partition coefficient (Wildman–Crippen LogP) is 1.49. The van der Waals surface area contributed by atoms with E-state index in [1.54, 1.807) is 16.9 Å². The van der Waals surface area contributed by atoms with Crippen molar-refractivity contribution in [1.29, 1.82) is 0 Å². The van der Waals surface area contributed by atoms with Crippen LogP contribution in [0.15, 0.2) is 36.5 Å². The number of rotatable bonds is 6. The molecule has 0 spiro atoms. The Balaban J connectivity index is 1.70. The van der Waals surface area contributed by atoms with E-state index in [0.717, 1.165) is 18.7 Å². The van der Waals surface area contributed by atoms with Gasteiger partial charge in [-0.15, -0.1) is 0 Å². The first-order valence-electron chi connectivity index (χ1n) is 8.14. The molecule has 0 saturated carbocycles. The highest BCUT2D eigenvalue weighted by Crippen LogP contribution is 2.32. The van der Waals surface area contributed by atoms with Crippen molar-refractivity contribution in [2.75, 3.05) is 29.9 Å². The Kier molecular flexibility index (Phi) is 5.00. The van der Waals surface area contributed by atoms with Crippen LogP contribution in [-0.2, 0) is 11.3 Å². The zero-order valence-corrected chi connectivity index (χ0v) is 13.7. The van der Waals surface area contributed by atoms with Gasteiger partial charge in [0.2, 0.25) is 5.91 Å². The fraction of sp³-hybridized carbons (Fsp3) is 0.412. The first kappa shape index (κ1) is 16.3. The van der Waals surface area contributed by atoms with E-state index < -0.39 is 0 Å². The Labute approximate surface area is 140 Å². The number of aliphatic hydroxyl groups excluding tert-OH is 1. The third-order valence-electron chi connectivity index (χ3n) is 3.88. The van der Waals surface area contributed by atoms with E-state index in [2.05, 4.69) is 17.3 Å². The molecule has 0 saturated heterocycles. The molecule has 128 valence electrons. The summed E-state index contributed by atoms with van der Waals surface area (Å²) in [6.07, 6.45) is 2.29. The number of aryl methyl sites for hydroxylation is 1. The van der Waals surface area contributed by atoms with Crippen LogP contribution < -0.4 is 15.0 Å². The summed E-state index contributed by atoms with van der Waals surface area (Å²) >= 11 is 0. The van der Waals surface area contributed by atoms with E-state index in [1.807, 2.05) is 29.2 Å². The highest BCUT2D eigenvalue weighted by Gasteiger charge is 2.26. The van der Waals surface area contributed by atoms with Crippen molar-refractivity contribution in [2.24, 2.45) is 0 Å². The summed E-state index contributed by atoms with van der Waals surface area (Å²) in [7, 11) is 0. The van der Waals surface area contributed by atoms with E-state index in [9.17, 15) is 9.90 Å². The third-order valence-corrected chi connectivity index (χ3v) is 3.88. The minimum absolute atomic E-state index is 0.0876. The summed E-state index contributed by atoms with van der Waals surface area (Å²) in [5.41, 5.74) is 0.861. The number of anilines is 2. The molecular weight excluding hydrogens is 308 g/mol. The average molecular weight is 330 g/mol. The summed E-state index contributed by atoms with van der Waals surface area (Å²) in [6, 6.07) is 9.33. The number of hydrogen-bond acceptors (Lipinski definition) is 5. The minimum atomic E-state index is -0.335. The molecule has 1 unspecified atom stereocenters. The number of carbonyl (C=O) groups excluding carboxylic acids is 1. The van der Waals surface area contributed by atoms with Crippen molar-refractivity contribution in [3.05, 3.63) is 36.5 Å². The Morgan fingerprint density at radius 3 is 3.04 bits per heavy atom. The van der Waals surface area contributed by atoms with Gasteiger partial charge in [0, 0.05) is 12.6 Å². The van der Waals surface area contributed by atoms with Crippen LogP contribution in [0, 0.1) is 0 Å². The molecule has 2 N–H and O–H groups in total. The Hall–Kier alpha value is -2.54. The average Bonchev–Trinajstić information content (AvgIpc) is 3.02. The highest BCUT2D eigenvalue weighted by atomic mass is 16.5. The second kappa shape index (κ2) is 7.35. The minimum Gasteiger partial charge on any atom is -0.484 e. The normalized spacial score (nSPS) is 16.4. The largest absolute Gasteiger partial charge is 0.484 e. The van der Waals surface area contributed by atoms with Gasteiger partial charge in [-0.1, -0.05) is 19.1 Å². The van der Waals surface area contributed by atoms with Crippen LogP contribution in [0.3, 0.4) is 0 Å². The lowest BCUT2D eigenvalue weighted by Gasteiger charge is -2.35. The molecule has 1 atom stereocenters. The number of ether oxygens (including phenoxy) is 1. The molecule has 1 aromatic heterocycles. The number of fused-ring (bicyclic) bond motifs is 1. The standard InChI is InChI=1S/C17H22N4O3/c1-2-9-21-16(7-8-18-21)19-17(23)11-20-10-13(12-22)24-15-6-4-3-5-14(15)20/h3-8,13,22H,2,9-12H2,1H3,(H,19,23). The van der Waals surface area contributed by atoms with Gasteiger partial charge in [0.05, 0.1) is 31.6 Å². The number of aromatic nitrogens is 2. The summed E-state index contributed by atoms with van der Waals surface area (Å²) in [5.74, 6) is 1.26. The van der Waals surface area contributed by atoms with Gasteiger partial charge in [-0.3, -0.25) is 4.79 Å². The number of nitrogens with one attached hydrogen (secondary N) is 1. The number of hydrogen-bond donors (Lipinski definition) is 2. The first-order chi connectivity index (χ1) is 11.7. The highest BCUT2D eigenvalue weighted by molar-refractivity contribution is 5.93. The van der Waals surface area contributed by atoms with E-state index in [-0.39, 0.29) is 25.2 Å². The molecule has 1 amide bonds. The topological polar surface area (TPSA) is 79.6 Å². The molecule has 2 aromatic rings. The van der Waals surface area contributed by atoms with Crippen molar-refractivity contribution >= 4 is 17.4 Å². The number of carbonyl (C=O) groups is 1. The van der Waals surface area contributed by atoms with E-state index in [4.69, 9.17) is 4.74 Å². The van der Waals surface area contributed by atoms with Crippen LogP contribution >= 0.6 is 0 Å². The number of aliphatic hydroxyl groups is 1. The second-order valence-electron chi connectivity index (χ2n) is 5.76.